The van der Waals surface area contributed by atoms with Gasteiger partial charge in [0.15, 0.2) is 0 Å². The Hall–Kier alpha value is -1.55. The topological polar surface area (TPSA) is 78.4 Å². The van der Waals surface area contributed by atoms with E-state index in [-0.39, 0.29) is 12.6 Å². The summed E-state index contributed by atoms with van der Waals surface area (Å²) < 4.78 is 29.0. The molecule has 0 radical (unpaired) electrons. The Bertz CT molecular complexity index is 640. The first-order valence-electron chi connectivity index (χ1n) is 6.50. The zero-order valence-electron chi connectivity index (χ0n) is 11.3. The Morgan fingerprint density at radius 3 is 2.80 bits per heavy atom. The first-order valence-corrected chi connectivity index (χ1v) is 7.99. The lowest BCUT2D eigenvalue weighted by molar-refractivity contribution is 0.305. The van der Waals surface area contributed by atoms with Crippen LogP contribution in [0.5, 0.6) is 0 Å². The molecule has 0 heterocycles. The summed E-state index contributed by atoms with van der Waals surface area (Å²) in [6.45, 7) is 1.88. The normalized spacial score (nSPS) is 14.5. The summed E-state index contributed by atoms with van der Waals surface area (Å²) in [5.74, 6) is 5.66. The van der Waals surface area contributed by atoms with Crippen LogP contribution in [0.4, 0.5) is 5.69 Å². The third-order valence-electron chi connectivity index (χ3n) is 2.78. The van der Waals surface area contributed by atoms with Gasteiger partial charge in [0.25, 0.3) is 10.2 Å². The number of hydrogen-bond donors (Lipinski definition) is 3. The molecule has 108 valence electrons. The molecule has 0 spiro atoms. The van der Waals surface area contributed by atoms with Gasteiger partial charge in [-0.25, -0.2) is 0 Å². The lowest BCUT2D eigenvalue weighted by Gasteiger charge is -2.11. The number of benzene rings is 1. The Balaban J connectivity index is 2.20. The monoisotopic (exact) mass is 294 g/mol. The SMILES string of the molecule is Cc1ccc(C#CCCO)c(NS(=O)(=O)NC2CC2)c1. The van der Waals surface area contributed by atoms with Gasteiger partial charge in [-0.2, -0.15) is 13.1 Å². The predicted octanol–water partition coefficient (Wildman–Crippen LogP) is 1.14. The Morgan fingerprint density at radius 2 is 2.15 bits per heavy atom. The van der Waals surface area contributed by atoms with Crippen LogP contribution in [-0.4, -0.2) is 26.2 Å². The van der Waals surface area contributed by atoms with Gasteiger partial charge in [-0.3, -0.25) is 4.72 Å². The molecule has 3 N–H and O–H groups in total. The van der Waals surface area contributed by atoms with Crippen molar-refractivity contribution in [1.29, 1.82) is 0 Å². The summed E-state index contributed by atoms with van der Waals surface area (Å²) in [6, 6.07) is 5.44. The standard InChI is InChI=1S/C14H18N2O3S/c1-11-5-6-12(4-2-3-9-17)14(10-11)16-20(18,19)15-13-7-8-13/h5-6,10,13,15-17H,3,7-9H2,1H3. The molecule has 5 nitrogen and oxygen atoms in total. The van der Waals surface area contributed by atoms with Crippen LogP contribution in [0, 0.1) is 18.8 Å². The molecule has 0 unspecified atom stereocenters. The second-order valence-corrected chi connectivity index (χ2v) is 6.27. The first kappa shape index (κ1) is 14.9. The molecule has 6 heteroatoms. The van der Waals surface area contributed by atoms with Crippen LogP contribution < -0.4 is 9.44 Å². The summed E-state index contributed by atoms with van der Waals surface area (Å²) in [5, 5.41) is 8.73. The summed E-state index contributed by atoms with van der Waals surface area (Å²) in [6.07, 6.45) is 2.14. The molecule has 1 fully saturated rings. The van der Waals surface area contributed by atoms with Gasteiger partial charge in [-0.15, -0.1) is 0 Å². The Labute approximate surface area is 119 Å². The van der Waals surface area contributed by atoms with E-state index in [2.05, 4.69) is 21.3 Å². The maximum absolute atomic E-state index is 11.9. The van der Waals surface area contributed by atoms with E-state index >= 15 is 0 Å². The molecule has 1 aliphatic carbocycles. The molecule has 0 aliphatic heterocycles. The smallest absolute Gasteiger partial charge is 0.299 e. The first-order chi connectivity index (χ1) is 9.50. The van der Waals surface area contributed by atoms with Crippen LogP contribution in [0.2, 0.25) is 0 Å². The third-order valence-corrected chi connectivity index (χ3v) is 3.91. The van der Waals surface area contributed by atoms with Crippen molar-refractivity contribution < 1.29 is 13.5 Å². The van der Waals surface area contributed by atoms with Crippen LogP contribution in [-0.2, 0) is 10.2 Å². The molecule has 1 aliphatic rings. The van der Waals surface area contributed by atoms with E-state index in [0.717, 1.165) is 18.4 Å². The van der Waals surface area contributed by atoms with E-state index in [0.29, 0.717) is 17.7 Å². The average Bonchev–Trinajstić information content (AvgIpc) is 3.14. The van der Waals surface area contributed by atoms with Crippen LogP contribution in [0.1, 0.15) is 30.4 Å². The van der Waals surface area contributed by atoms with E-state index in [1.165, 1.54) is 0 Å². The van der Waals surface area contributed by atoms with Gasteiger partial charge in [0.2, 0.25) is 0 Å². The number of aryl methyl sites for hydroxylation is 1. The Morgan fingerprint density at radius 1 is 1.40 bits per heavy atom. The highest BCUT2D eigenvalue weighted by atomic mass is 32.2. The number of aliphatic hydroxyl groups is 1. The summed E-state index contributed by atoms with van der Waals surface area (Å²) in [7, 11) is -3.56. The minimum atomic E-state index is -3.56. The highest BCUT2D eigenvalue weighted by Gasteiger charge is 2.27. The van der Waals surface area contributed by atoms with Crippen LogP contribution >= 0.6 is 0 Å². The molecule has 0 saturated heterocycles. The molecule has 0 amide bonds. The Kier molecular flexibility index (Phi) is 4.65. The molecule has 1 aromatic carbocycles. The van der Waals surface area contributed by atoms with Gasteiger partial charge in [0.1, 0.15) is 0 Å². The van der Waals surface area contributed by atoms with Crippen LogP contribution in [0.15, 0.2) is 18.2 Å². The molecular weight excluding hydrogens is 276 g/mol. The fourth-order valence-electron chi connectivity index (χ4n) is 1.66. The molecule has 0 aromatic heterocycles. The molecule has 20 heavy (non-hydrogen) atoms. The van der Waals surface area contributed by atoms with E-state index < -0.39 is 10.2 Å². The number of rotatable bonds is 5. The second kappa shape index (κ2) is 6.27. The lowest BCUT2D eigenvalue weighted by atomic mass is 10.1. The quantitative estimate of drug-likeness (QED) is 0.713. The van der Waals surface area contributed by atoms with Gasteiger partial charge in [0.05, 0.1) is 12.3 Å². The lowest BCUT2D eigenvalue weighted by Crippen LogP contribution is -2.32. The molecule has 1 aromatic rings. The maximum atomic E-state index is 11.9. The molecule has 2 rings (SSSR count). The van der Waals surface area contributed by atoms with Crippen molar-refractivity contribution in [2.75, 3.05) is 11.3 Å². The highest BCUT2D eigenvalue weighted by Crippen LogP contribution is 2.22. The summed E-state index contributed by atoms with van der Waals surface area (Å²) >= 11 is 0. The number of hydrogen-bond acceptors (Lipinski definition) is 3. The van der Waals surface area contributed by atoms with Gasteiger partial charge in [-0.1, -0.05) is 17.9 Å². The zero-order chi connectivity index (χ0) is 14.6. The molecular formula is C14H18N2O3S. The van der Waals surface area contributed by atoms with Crippen molar-refractivity contribution in [1.82, 2.24) is 4.72 Å². The fraction of sp³-hybridized carbons (Fsp3) is 0.429. The van der Waals surface area contributed by atoms with Crippen molar-refractivity contribution in [3.8, 4) is 11.8 Å². The molecule has 1 saturated carbocycles. The number of aliphatic hydroxyl groups excluding tert-OH is 1. The summed E-state index contributed by atoms with van der Waals surface area (Å²) in [5.41, 5.74) is 2.01. The van der Waals surface area contributed by atoms with E-state index in [4.69, 9.17) is 5.11 Å². The zero-order valence-corrected chi connectivity index (χ0v) is 12.1. The largest absolute Gasteiger partial charge is 0.395 e. The molecule has 0 atom stereocenters. The van der Waals surface area contributed by atoms with Gasteiger partial charge in [-0.05, 0) is 37.5 Å². The minimum Gasteiger partial charge on any atom is -0.395 e. The highest BCUT2D eigenvalue weighted by molar-refractivity contribution is 7.90. The number of anilines is 1. The number of nitrogens with one attached hydrogen (secondary N) is 2. The fourth-order valence-corrected chi connectivity index (χ4v) is 2.85. The van der Waals surface area contributed by atoms with Crippen molar-refractivity contribution in [3.05, 3.63) is 29.3 Å². The van der Waals surface area contributed by atoms with E-state index in [1.54, 1.807) is 12.1 Å². The summed E-state index contributed by atoms with van der Waals surface area (Å²) in [4.78, 5) is 0. The molecule has 0 bridgehead atoms. The van der Waals surface area contributed by atoms with Crippen molar-refractivity contribution in [2.45, 2.75) is 32.2 Å². The van der Waals surface area contributed by atoms with Crippen molar-refractivity contribution in [3.63, 3.8) is 0 Å². The predicted molar refractivity (Wildman–Crippen MR) is 78.5 cm³/mol. The van der Waals surface area contributed by atoms with Gasteiger partial charge < -0.3 is 5.11 Å². The third kappa shape index (κ3) is 4.53. The second-order valence-electron chi connectivity index (χ2n) is 4.82. The van der Waals surface area contributed by atoms with Crippen LogP contribution in [0.3, 0.4) is 0 Å². The van der Waals surface area contributed by atoms with Gasteiger partial charge in [0, 0.05) is 18.0 Å². The minimum absolute atomic E-state index is 0.0108. The maximum Gasteiger partial charge on any atom is 0.299 e. The average molecular weight is 294 g/mol. The van der Waals surface area contributed by atoms with Gasteiger partial charge >= 0.3 is 0 Å². The van der Waals surface area contributed by atoms with Crippen LogP contribution in [0.25, 0.3) is 0 Å². The van der Waals surface area contributed by atoms with E-state index in [9.17, 15) is 8.42 Å². The van der Waals surface area contributed by atoms with E-state index in [1.807, 2.05) is 13.0 Å². The van der Waals surface area contributed by atoms with Crippen molar-refractivity contribution in [2.24, 2.45) is 0 Å². The van der Waals surface area contributed by atoms with Crippen molar-refractivity contribution >= 4 is 15.9 Å².